The van der Waals surface area contributed by atoms with E-state index in [-0.39, 0.29) is 29.6 Å². The molecule has 0 bridgehead atoms. The predicted octanol–water partition coefficient (Wildman–Crippen LogP) is 2.37. The number of fused-ring (bicyclic) bond motifs is 1. The highest BCUT2D eigenvalue weighted by Gasteiger charge is 2.39. The van der Waals surface area contributed by atoms with Gasteiger partial charge in [0.2, 0.25) is 0 Å². The molecule has 0 radical (unpaired) electrons. The molecule has 1 atom stereocenters. The first-order chi connectivity index (χ1) is 8.45. The van der Waals surface area contributed by atoms with Gasteiger partial charge in [-0.3, -0.25) is 9.59 Å². The molecule has 0 aromatic heterocycles. The van der Waals surface area contributed by atoms with Gasteiger partial charge in [0.25, 0.3) is 11.7 Å². The molecule has 0 aliphatic carbocycles. The second-order valence-electron chi connectivity index (χ2n) is 4.29. The quantitative estimate of drug-likeness (QED) is 0.626. The van der Waals surface area contributed by atoms with Crippen LogP contribution in [-0.4, -0.2) is 24.1 Å². The summed E-state index contributed by atoms with van der Waals surface area (Å²) in [6, 6.07) is 1.53. The van der Waals surface area contributed by atoms with E-state index in [0.29, 0.717) is 6.07 Å². The zero-order valence-electron chi connectivity index (χ0n) is 9.54. The van der Waals surface area contributed by atoms with Gasteiger partial charge in [-0.25, -0.2) is 8.78 Å². The van der Waals surface area contributed by atoms with Crippen molar-refractivity contribution < 1.29 is 18.4 Å². The van der Waals surface area contributed by atoms with Crippen LogP contribution in [0.4, 0.5) is 14.5 Å². The maximum atomic E-state index is 13.7. The molecule has 18 heavy (non-hydrogen) atoms. The molecule has 6 heteroatoms. The molecule has 2 rings (SSSR count). The van der Waals surface area contributed by atoms with Gasteiger partial charge in [0.1, 0.15) is 5.82 Å². The first kappa shape index (κ1) is 13.0. The van der Waals surface area contributed by atoms with Crippen LogP contribution in [0, 0.1) is 17.6 Å². The van der Waals surface area contributed by atoms with Crippen LogP contribution in [0.2, 0.25) is 0 Å². The number of ketones is 1. The Kier molecular flexibility index (Phi) is 3.34. The Morgan fingerprint density at radius 3 is 2.61 bits per heavy atom. The Labute approximate surface area is 107 Å². The monoisotopic (exact) mass is 273 g/mol. The minimum Gasteiger partial charge on any atom is -0.302 e. The van der Waals surface area contributed by atoms with Gasteiger partial charge in [-0.2, -0.15) is 0 Å². The van der Waals surface area contributed by atoms with E-state index in [1.54, 1.807) is 6.92 Å². The zero-order chi connectivity index (χ0) is 13.4. The van der Waals surface area contributed by atoms with E-state index in [1.807, 2.05) is 0 Å². The number of hydrogen-bond acceptors (Lipinski definition) is 2. The molecule has 96 valence electrons. The van der Waals surface area contributed by atoms with E-state index in [1.165, 1.54) is 0 Å². The molecule has 0 fully saturated rings. The van der Waals surface area contributed by atoms with Gasteiger partial charge in [0.05, 0.1) is 11.3 Å². The number of carbonyl (C=O) groups excluding carboxylic acids is 2. The standard InChI is InChI=1S/C12H10ClF2NO2/c1-6(4-13)5-16-10-8(11(17)12(16)18)2-7(14)3-9(10)15/h2-3,6H,4-5H2,1H3. The summed E-state index contributed by atoms with van der Waals surface area (Å²) in [7, 11) is 0. The fourth-order valence-electron chi connectivity index (χ4n) is 1.89. The zero-order valence-corrected chi connectivity index (χ0v) is 10.3. The van der Waals surface area contributed by atoms with Crippen LogP contribution in [0.3, 0.4) is 0 Å². The lowest BCUT2D eigenvalue weighted by atomic mass is 10.1. The highest BCUT2D eigenvalue weighted by Crippen LogP contribution is 2.33. The Bertz CT molecular complexity index is 533. The highest BCUT2D eigenvalue weighted by atomic mass is 35.5. The maximum Gasteiger partial charge on any atom is 0.299 e. The molecule has 0 N–H and O–H groups in total. The normalized spacial score (nSPS) is 16.1. The van der Waals surface area contributed by atoms with Crippen LogP contribution >= 0.6 is 11.6 Å². The van der Waals surface area contributed by atoms with E-state index in [9.17, 15) is 18.4 Å². The van der Waals surface area contributed by atoms with Crippen molar-refractivity contribution in [2.45, 2.75) is 6.92 Å². The van der Waals surface area contributed by atoms with Crippen LogP contribution < -0.4 is 4.90 Å². The van der Waals surface area contributed by atoms with Crippen molar-refractivity contribution in [1.82, 2.24) is 0 Å². The molecular formula is C12H10ClF2NO2. The summed E-state index contributed by atoms with van der Waals surface area (Å²) in [6.07, 6.45) is 0. The summed E-state index contributed by atoms with van der Waals surface area (Å²) in [4.78, 5) is 24.4. The minimum atomic E-state index is -0.911. The Morgan fingerprint density at radius 1 is 1.33 bits per heavy atom. The van der Waals surface area contributed by atoms with E-state index in [2.05, 4.69) is 0 Å². The van der Waals surface area contributed by atoms with Gasteiger partial charge in [0, 0.05) is 18.5 Å². The average Bonchev–Trinajstić information content (AvgIpc) is 2.54. The number of anilines is 1. The fourth-order valence-corrected chi connectivity index (χ4v) is 1.98. The number of alkyl halides is 1. The van der Waals surface area contributed by atoms with E-state index < -0.39 is 23.3 Å². The second-order valence-corrected chi connectivity index (χ2v) is 4.60. The molecule has 3 nitrogen and oxygen atoms in total. The minimum absolute atomic E-state index is 0.0983. The van der Waals surface area contributed by atoms with Crippen molar-refractivity contribution >= 4 is 29.0 Å². The van der Waals surface area contributed by atoms with Crippen molar-refractivity contribution in [2.75, 3.05) is 17.3 Å². The van der Waals surface area contributed by atoms with Crippen LogP contribution in [-0.2, 0) is 4.79 Å². The van der Waals surface area contributed by atoms with Gasteiger partial charge >= 0.3 is 0 Å². The smallest absolute Gasteiger partial charge is 0.299 e. The Balaban J connectivity index is 2.48. The Morgan fingerprint density at radius 2 is 2.00 bits per heavy atom. The second kappa shape index (κ2) is 4.65. The SMILES string of the molecule is CC(CCl)CN1C(=O)C(=O)c2cc(F)cc(F)c21. The van der Waals surface area contributed by atoms with Gasteiger partial charge in [-0.15, -0.1) is 11.6 Å². The lowest BCUT2D eigenvalue weighted by molar-refractivity contribution is -0.114. The van der Waals surface area contributed by atoms with E-state index in [4.69, 9.17) is 11.6 Å². The lowest BCUT2D eigenvalue weighted by Gasteiger charge is -2.20. The number of Topliss-reactive ketones (excluding diaryl/α,β-unsaturated/α-hetero) is 1. The van der Waals surface area contributed by atoms with Crippen LogP contribution in [0.1, 0.15) is 17.3 Å². The van der Waals surface area contributed by atoms with Crippen molar-refractivity contribution in [3.8, 4) is 0 Å². The van der Waals surface area contributed by atoms with Crippen molar-refractivity contribution in [2.24, 2.45) is 5.92 Å². The Hall–Kier alpha value is -1.49. The summed E-state index contributed by atoms with van der Waals surface area (Å²) in [5, 5.41) is 0. The number of benzene rings is 1. The highest BCUT2D eigenvalue weighted by molar-refractivity contribution is 6.52. The van der Waals surface area contributed by atoms with Crippen LogP contribution in [0.15, 0.2) is 12.1 Å². The number of carbonyl (C=O) groups is 2. The topological polar surface area (TPSA) is 37.4 Å². The summed E-state index contributed by atoms with van der Waals surface area (Å²) in [5.74, 6) is -3.34. The number of nitrogens with zero attached hydrogens (tertiary/aromatic N) is 1. The van der Waals surface area contributed by atoms with Crippen LogP contribution in [0.25, 0.3) is 0 Å². The first-order valence-electron chi connectivity index (χ1n) is 5.37. The molecule has 1 aromatic rings. The molecule has 0 spiro atoms. The van der Waals surface area contributed by atoms with Gasteiger partial charge in [-0.05, 0) is 12.0 Å². The summed E-state index contributed by atoms with van der Waals surface area (Å²) in [6.45, 7) is 1.90. The lowest BCUT2D eigenvalue weighted by Crippen LogP contribution is -2.34. The van der Waals surface area contributed by atoms with E-state index >= 15 is 0 Å². The van der Waals surface area contributed by atoms with Crippen LogP contribution in [0.5, 0.6) is 0 Å². The average molecular weight is 274 g/mol. The van der Waals surface area contributed by atoms with Gasteiger partial charge < -0.3 is 4.90 Å². The molecule has 1 heterocycles. The van der Waals surface area contributed by atoms with Crippen molar-refractivity contribution in [1.29, 1.82) is 0 Å². The molecule has 1 aliphatic rings. The largest absolute Gasteiger partial charge is 0.302 e. The summed E-state index contributed by atoms with van der Waals surface area (Å²) < 4.78 is 26.7. The fraction of sp³-hybridized carbons (Fsp3) is 0.333. The molecule has 0 saturated heterocycles. The number of rotatable bonds is 3. The maximum absolute atomic E-state index is 13.7. The molecular weight excluding hydrogens is 264 g/mol. The summed E-state index contributed by atoms with van der Waals surface area (Å²) in [5.41, 5.74) is -0.373. The third kappa shape index (κ3) is 1.99. The van der Waals surface area contributed by atoms with Crippen molar-refractivity contribution in [3.63, 3.8) is 0 Å². The number of amides is 1. The molecule has 1 amide bonds. The third-order valence-corrected chi connectivity index (χ3v) is 3.27. The summed E-state index contributed by atoms with van der Waals surface area (Å²) >= 11 is 5.63. The van der Waals surface area contributed by atoms with Crippen molar-refractivity contribution in [3.05, 3.63) is 29.3 Å². The molecule has 1 aliphatic heterocycles. The predicted molar refractivity (Wildman–Crippen MR) is 62.9 cm³/mol. The number of halogens is 3. The van der Waals surface area contributed by atoms with Gasteiger partial charge in [-0.1, -0.05) is 6.92 Å². The molecule has 1 aromatic carbocycles. The molecule has 1 unspecified atom stereocenters. The first-order valence-corrected chi connectivity index (χ1v) is 5.90. The van der Waals surface area contributed by atoms with E-state index in [0.717, 1.165) is 11.0 Å². The molecule has 0 saturated carbocycles. The third-order valence-electron chi connectivity index (χ3n) is 2.74. The van der Waals surface area contributed by atoms with Gasteiger partial charge in [0.15, 0.2) is 5.82 Å². The number of hydrogen-bond donors (Lipinski definition) is 0.